The molecule has 0 saturated heterocycles. The van der Waals surface area contributed by atoms with Crippen molar-refractivity contribution in [1.29, 1.82) is 0 Å². The highest BCUT2D eigenvalue weighted by molar-refractivity contribution is 4.72. The quantitative estimate of drug-likeness (QED) is 0.603. The lowest BCUT2D eigenvalue weighted by molar-refractivity contribution is 0.165. The molecule has 0 aliphatic heterocycles. The summed E-state index contributed by atoms with van der Waals surface area (Å²) in [6.07, 6.45) is 5.10. The van der Waals surface area contributed by atoms with Gasteiger partial charge in [-0.05, 0) is 32.1 Å². The topological polar surface area (TPSA) is 15.3 Å². The average Bonchev–Trinajstić information content (AvgIpc) is 2.30. The van der Waals surface area contributed by atoms with Crippen LogP contribution in [0.4, 0.5) is 0 Å². The highest BCUT2D eigenvalue weighted by Crippen LogP contribution is 2.10. The predicted molar refractivity (Wildman–Crippen MR) is 83.2 cm³/mol. The summed E-state index contributed by atoms with van der Waals surface area (Å²) in [6.45, 7) is 17.4. The average molecular weight is 256 g/mol. The largest absolute Gasteiger partial charge is 0.313 e. The number of rotatable bonds is 11. The molecule has 0 saturated carbocycles. The molecule has 0 amide bonds. The molecule has 0 radical (unpaired) electrons. The van der Waals surface area contributed by atoms with Crippen molar-refractivity contribution in [1.82, 2.24) is 10.2 Å². The minimum Gasteiger partial charge on any atom is -0.313 e. The van der Waals surface area contributed by atoms with Gasteiger partial charge in [0.2, 0.25) is 0 Å². The van der Waals surface area contributed by atoms with Crippen molar-refractivity contribution < 1.29 is 0 Å². The lowest BCUT2D eigenvalue weighted by Crippen LogP contribution is -2.42. The van der Waals surface area contributed by atoms with Crippen LogP contribution in [0.5, 0.6) is 0 Å². The fraction of sp³-hybridized carbons (Fsp3) is 1.00. The zero-order valence-electron chi connectivity index (χ0n) is 13.6. The van der Waals surface area contributed by atoms with E-state index in [1.807, 2.05) is 0 Å². The van der Waals surface area contributed by atoms with Gasteiger partial charge in [0.05, 0.1) is 0 Å². The first-order valence-corrected chi connectivity index (χ1v) is 8.02. The second-order valence-corrected chi connectivity index (χ2v) is 6.00. The maximum atomic E-state index is 3.65. The first kappa shape index (κ1) is 17.9. The van der Waals surface area contributed by atoms with Crippen LogP contribution < -0.4 is 5.32 Å². The van der Waals surface area contributed by atoms with Crippen LogP contribution in [0, 0.1) is 5.92 Å². The van der Waals surface area contributed by atoms with Crippen molar-refractivity contribution in [3.63, 3.8) is 0 Å². The van der Waals surface area contributed by atoms with Gasteiger partial charge < -0.3 is 5.32 Å². The van der Waals surface area contributed by atoms with Crippen LogP contribution in [0.25, 0.3) is 0 Å². The normalized spacial score (nSPS) is 13.8. The Labute approximate surface area is 116 Å². The SMILES string of the molecule is CCCC(C)NCCN(CC(C)C)C(CC)CC. The van der Waals surface area contributed by atoms with Gasteiger partial charge in [0.1, 0.15) is 0 Å². The second kappa shape index (κ2) is 10.8. The summed E-state index contributed by atoms with van der Waals surface area (Å²) in [5, 5.41) is 3.65. The molecule has 0 aliphatic rings. The van der Waals surface area contributed by atoms with E-state index in [1.165, 1.54) is 38.8 Å². The summed E-state index contributed by atoms with van der Waals surface area (Å²) in [4.78, 5) is 2.68. The molecule has 0 aromatic carbocycles. The highest BCUT2D eigenvalue weighted by Gasteiger charge is 2.15. The molecule has 1 atom stereocenters. The molecule has 0 rings (SSSR count). The van der Waals surface area contributed by atoms with Crippen molar-refractivity contribution >= 4 is 0 Å². The molecular formula is C16H36N2. The summed E-state index contributed by atoms with van der Waals surface area (Å²) in [5.74, 6) is 0.763. The Morgan fingerprint density at radius 1 is 1.00 bits per heavy atom. The lowest BCUT2D eigenvalue weighted by atomic mass is 10.1. The molecule has 0 bridgehead atoms. The molecule has 18 heavy (non-hydrogen) atoms. The van der Waals surface area contributed by atoms with Gasteiger partial charge in [-0.3, -0.25) is 4.90 Å². The van der Waals surface area contributed by atoms with Crippen molar-refractivity contribution in [2.24, 2.45) is 5.92 Å². The number of nitrogens with zero attached hydrogens (tertiary/aromatic N) is 1. The summed E-state index contributed by atoms with van der Waals surface area (Å²) in [7, 11) is 0. The van der Waals surface area contributed by atoms with E-state index in [2.05, 4.69) is 51.8 Å². The third kappa shape index (κ3) is 8.10. The predicted octanol–water partition coefficient (Wildman–Crippen LogP) is 3.91. The van der Waals surface area contributed by atoms with Crippen LogP contribution in [-0.4, -0.2) is 36.6 Å². The van der Waals surface area contributed by atoms with Crippen molar-refractivity contribution in [2.75, 3.05) is 19.6 Å². The minimum absolute atomic E-state index is 0.664. The zero-order valence-corrected chi connectivity index (χ0v) is 13.6. The monoisotopic (exact) mass is 256 g/mol. The minimum atomic E-state index is 0.664. The number of nitrogens with one attached hydrogen (secondary N) is 1. The molecule has 110 valence electrons. The van der Waals surface area contributed by atoms with Gasteiger partial charge in [-0.25, -0.2) is 0 Å². The first-order chi connectivity index (χ1) is 8.54. The fourth-order valence-corrected chi connectivity index (χ4v) is 2.69. The third-order valence-electron chi connectivity index (χ3n) is 3.67. The molecule has 0 aromatic rings. The summed E-state index contributed by atoms with van der Waals surface area (Å²) in [5.41, 5.74) is 0. The summed E-state index contributed by atoms with van der Waals surface area (Å²) in [6, 6.07) is 1.42. The lowest BCUT2D eigenvalue weighted by Gasteiger charge is -2.32. The first-order valence-electron chi connectivity index (χ1n) is 8.02. The van der Waals surface area contributed by atoms with Crippen LogP contribution in [0.3, 0.4) is 0 Å². The molecular weight excluding hydrogens is 220 g/mol. The number of hydrogen-bond donors (Lipinski definition) is 1. The van der Waals surface area contributed by atoms with Gasteiger partial charge in [0.25, 0.3) is 0 Å². The second-order valence-electron chi connectivity index (χ2n) is 6.00. The van der Waals surface area contributed by atoms with Crippen molar-refractivity contribution in [3.8, 4) is 0 Å². The van der Waals surface area contributed by atoms with E-state index < -0.39 is 0 Å². The van der Waals surface area contributed by atoms with Gasteiger partial charge in [-0.1, -0.05) is 41.0 Å². The highest BCUT2D eigenvalue weighted by atomic mass is 15.2. The standard InChI is InChI=1S/C16H36N2/c1-7-10-15(6)17-11-12-18(13-14(4)5)16(8-2)9-3/h14-17H,7-13H2,1-6H3. The molecule has 2 nitrogen and oxygen atoms in total. The Bertz CT molecular complexity index is 176. The Kier molecular flexibility index (Phi) is 10.8. The third-order valence-corrected chi connectivity index (χ3v) is 3.67. The van der Waals surface area contributed by atoms with Crippen LogP contribution in [0.2, 0.25) is 0 Å². The number of hydrogen-bond acceptors (Lipinski definition) is 2. The van der Waals surface area contributed by atoms with Crippen LogP contribution in [0.15, 0.2) is 0 Å². The molecule has 0 aliphatic carbocycles. The van der Waals surface area contributed by atoms with Gasteiger partial charge in [-0.2, -0.15) is 0 Å². The summed E-state index contributed by atoms with van der Waals surface area (Å²) >= 11 is 0. The van der Waals surface area contributed by atoms with E-state index in [4.69, 9.17) is 0 Å². The fourth-order valence-electron chi connectivity index (χ4n) is 2.69. The Morgan fingerprint density at radius 2 is 1.61 bits per heavy atom. The van der Waals surface area contributed by atoms with Crippen LogP contribution in [-0.2, 0) is 0 Å². The van der Waals surface area contributed by atoms with Crippen LogP contribution >= 0.6 is 0 Å². The van der Waals surface area contributed by atoms with Crippen molar-refractivity contribution in [2.45, 2.75) is 79.3 Å². The molecule has 0 aromatic heterocycles. The van der Waals surface area contributed by atoms with Gasteiger partial charge in [-0.15, -0.1) is 0 Å². The molecule has 1 unspecified atom stereocenters. The summed E-state index contributed by atoms with van der Waals surface area (Å²) < 4.78 is 0. The van der Waals surface area contributed by atoms with Gasteiger partial charge in [0, 0.05) is 31.7 Å². The Hall–Kier alpha value is -0.0800. The van der Waals surface area contributed by atoms with Crippen molar-refractivity contribution in [3.05, 3.63) is 0 Å². The smallest absolute Gasteiger partial charge is 0.0110 e. The van der Waals surface area contributed by atoms with E-state index >= 15 is 0 Å². The zero-order chi connectivity index (χ0) is 14.0. The Balaban J connectivity index is 4.07. The van der Waals surface area contributed by atoms with Crippen LogP contribution in [0.1, 0.15) is 67.2 Å². The Morgan fingerprint density at radius 3 is 2.06 bits per heavy atom. The van der Waals surface area contributed by atoms with E-state index in [1.54, 1.807) is 0 Å². The van der Waals surface area contributed by atoms with Gasteiger partial charge >= 0.3 is 0 Å². The van der Waals surface area contributed by atoms with E-state index in [0.29, 0.717) is 6.04 Å². The van der Waals surface area contributed by atoms with Gasteiger partial charge in [0.15, 0.2) is 0 Å². The maximum Gasteiger partial charge on any atom is 0.0110 e. The molecule has 0 fully saturated rings. The molecule has 1 N–H and O–H groups in total. The van der Waals surface area contributed by atoms with E-state index in [0.717, 1.165) is 18.5 Å². The van der Waals surface area contributed by atoms with E-state index in [9.17, 15) is 0 Å². The molecule has 0 spiro atoms. The molecule has 2 heteroatoms. The maximum absolute atomic E-state index is 3.65. The van der Waals surface area contributed by atoms with E-state index in [-0.39, 0.29) is 0 Å². The molecule has 0 heterocycles.